The molecule has 6 heteroatoms. The fourth-order valence-corrected chi connectivity index (χ4v) is 4.93. The van der Waals surface area contributed by atoms with Crippen LogP contribution >= 0.6 is 0 Å². The monoisotopic (exact) mass is 319 g/mol. The molecule has 0 aromatic rings. The van der Waals surface area contributed by atoms with Crippen molar-refractivity contribution >= 4 is 10.2 Å². The third-order valence-corrected chi connectivity index (χ3v) is 6.55. The van der Waals surface area contributed by atoms with Gasteiger partial charge in [0.05, 0.1) is 0 Å². The van der Waals surface area contributed by atoms with Crippen LogP contribution in [-0.4, -0.2) is 55.8 Å². The van der Waals surface area contributed by atoms with Crippen LogP contribution in [0.1, 0.15) is 53.4 Å². The molecule has 0 saturated carbocycles. The summed E-state index contributed by atoms with van der Waals surface area (Å²) in [5, 5.41) is 3.42. The van der Waals surface area contributed by atoms with Gasteiger partial charge in [-0.05, 0) is 51.6 Å². The van der Waals surface area contributed by atoms with E-state index in [-0.39, 0.29) is 6.04 Å². The maximum atomic E-state index is 12.8. The van der Waals surface area contributed by atoms with Gasteiger partial charge in [-0.15, -0.1) is 0 Å². The minimum absolute atomic E-state index is 0.0681. The number of piperidine rings is 1. The summed E-state index contributed by atoms with van der Waals surface area (Å²) in [6, 6.07) is 0.0681. The Hall–Kier alpha value is -0.170. The number of nitrogens with zero attached hydrogens (tertiary/aromatic N) is 2. The Morgan fingerprint density at radius 1 is 1.33 bits per heavy atom. The minimum atomic E-state index is -3.31. The van der Waals surface area contributed by atoms with Gasteiger partial charge in [-0.1, -0.05) is 20.8 Å². The van der Waals surface area contributed by atoms with Gasteiger partial charge in [0.15, 0.2) is 0 Å². The molecule has 0 amide bonds. The number of hydrogen-bond donors (Lipinski definition) is 1. The predicted molar refractivity (Wildman–Crippen MR) is 88.5 cm³/mol. The van der Waals surface area contributed by atoms with Gasteiger partial charge in [-0.3, -0.25) is 0 Å². The van der Waals surface area contributed by atoms with Gasteiger partial charge in [0, 0.05) is 25.7 Å². The fourth-order valence-electron chi connectivity index (χ4n) is 2.94. The molecule has 126 valence electrons. The molecule has 0 aromatic carbocycles. The molecule has 0 aliphatic carbocycles. The highest BCUT2D eigenvalue weighted by atomic mass is 32.2. The summed E-state index contributed by atoms with van der Waals surface area (Å²) in [4.78, 5) is 0. The standard InChI is InChI=1S/C15H33N3O2S/c1-5-10-16-12-15-9-8-11-17(13-15)21(19,20)18(7-3)14(4)6-2/h14-16H,5-13H2,1-4H3. The fraction of sp³-hybridized carbons (Fsp3) is 1.00. The third kappa shape index (κ3) is 5.20. The molecule has 0 spiro atoms. The van der Waals surface area contributed by atoms with Crippen LogP contribution in [0, 0.1) is 5.92 Å². The van der Waals surface area contributed by atoms with Crippen molar-refractivity contribution < 1.29 is 8.42 Å². The molecule has 1 heterocycles. The summed E-state index contributed by atoms with van der Waals surface area (Å²) in [7, 11) is -3.31. The van der Waals surface area contributed by atoms with E-state index in [4.69, 9.17) is 0 Å². The van der Waals surface area contributed by atoms with Crippen molar-refractivity contribution in [2.45, 2.75) is 59.4 Å². The van der Waals surface area contributed by atoms with Gasteiger partial charge in [0.1, 0.15) is 0 Å². The number of rotatable bonds is 9. The molecule has 1 N–H and O–H groups in total. The Morgan fingerprint density at radius 3 is 2.62 bits per heavy atom. The first kappa shape index (κ1) is 18.9. The molecule has 1 aliphatic rings. The first-order valence-electron chi connectivity index (χ1n) is 8.44. The molecular weight excluding hydrogens is 286 g/mol. The van der Waals surface area contributed by atoms with Crippen LogP contribution < -0.4 is 5.32 Å². The molecule has 0 aromatic heterocycles. The van der Waals surface area contributed by atoms with Crippen LogP contribution in [0.15, 0.2) is 0 Å². The smallest absolute Gasteiger partial charge is 0.282 e. The lowest BCUT2D eigenvalue weighted by atomic mass is 10.00. The average Bonchev–Trinajstić information content (AvgIpc) is 2.48. The highest BCUT2D eigenvalue weighted by Crippen LogP contribution is 2.22. The van der Waals surface area contributed by atoms with Crippen LogP contribution in [0.5, 0.6) is 0 Å². The molecule has 1 fully saturated rings. The van der Waals surface area contributed by atoms with Crippen molar-refractivity contribution in [1.29, 1.82) is 0 Å². The third-order valence-electron chi connectivity index (χ3n) is 4.36. The van der Waals surface area contributed by atoms with Crippen molar-refractivity contribution in [1.82, 2.24) is 13.9 Å². The summed E-state index contributed by atoms with van der Waals surface area (Å²) in [5.41, 5.74) is 0. The first-order valence-corrected chi connectivity index (χ1v) is 9.84. The SMILES string of the molecule is CCCNCC1CCCN(S(=O)(=O)N(CC)C(C)CC)C1. The van der Waals surface area contributed by atoms with Gasteiger partial charge in [-0.2, -0.15) is 17.0 Å². The van der Waals surface area contributed by atoms with E-state index < -0.39 is 10.2 Å². The summed E-state index contributed by atoms with van der Waals surface area (Å²) >= 11 is 0. The molecule has 0 bridgehead atoms. The van der Waals surface area contributed by atoms with Crippen molar-refractivity contribution in [3.63, 3.8) is 0 Å². The molecule has 2 unspecified atom stereocenters. The molecule has 1 rings (SSSR count). The highest BCUT2D eigenvalue weighted by Gasteiger charge is 2.34. The van der Waals surface area contributed by atoms with Crippen molar-refractivity contribution in [2.24, 2.45) is 5.92 Å². The molecule has 1 aliphatic heterocycles. The second kappa shape index (κ2) is 9.08. The zero-order chi connectivity index (χ0) is 15.9. The lowest BCUT2D eigenvalue weighted by molar-refractivity contribution is 0.232. The zero-order valence-corrected chi connectivity index (χ0v) is 15.0. The van der Waals surface area contributed by atoms with E-state index in [1.54, 1.807) is 8.61 Å². The van der Waals surface area contributed by atoms with E-state index in [0.717, 1.165) is 38.8 Å². The second-order valence-corrected chi connectivity index (χ2v) is 7.92. The van der Waals surface area contributed by atoms with Gasteiger partial charge < -0.3 is 5.32 Å². The Balaban J connectivity index is 2.68. The molecule has 5 nitrogen and oxygen atoms in total. The van der Waals surface area contributed by atoms with E-state index in [0.29, 0.717) is 25.6 Å². The van der Waals surface area contributed by atoms with Crippen LogP contribution in [0.4, 0.5) is 0 Å². The lowest BCUT2D eigenvalue weighted by Gasteiger charge is -2.37. The highest BCUT2D eigenvalue weighted by molar-refractivity contribution is 7.86. The topological polar surface area (TPSA) is 52.7 Å². The maximum Gasteiger partial charge on any atom is 0.282 e. The summed E-state index contributed by atoms with van der Waals surface area (Å²) in [5.74, 6) is 0.440. The van der Waals surface area contributed by atoms with Crippen LogP contribution in [-0.2, 0) is 10.2 Å². The Labute approximate surface area is 131 Å². The van der Waals surface area contributed by atoms with Crippen molar-refractivity contribution in [2.75, 3.05) is 32.7 Å². The van der Waals surface area contributed by atoms with E-state index in [2.05, 4.69) is 12.2 Å². The number of nitrogens with one attached hydrogen (secondary N) is 1. The van der Waals surface area contributed by atoms with E-state index in [9.17, 15) is 8.42 Å². The summed E-state index contributed by atoms with van der Waals surface area (Å²) in [6.07, 6.45) is 4.06. The van der Waals surface area contributed by atoms with E-state index in [1.807, 2.05) is 20.8 Å². The molecule has 0 radical (unpaired) electrons. The van der Waals surface area contributed by atoms with Crippen LogP contribution in [0.2, 0.25) is 0 Å². The Kier molecular flexibility index (Phi) is 8.16. The molecule has 21 heavy (non-hydrogen) atoms. The summed E-state index contributed by atoms with van der Waals surface area (Å²) < 4.78 is 29.0. The predicted octanol–water partition coefficient (Wildman–Crippen LogP) is 2.06. The average molecular weight is 320 g/mol. The quantitative estimate of drug-likeness (QED) is 0.662. The van der Waals surface area contributed by atoms with Crippen molar-refractivity contribution in [3.05, 3.63) is 0 Å². The van der Waals surface area contributed by atoms with Crippen LogP contribution in [0.3, 0.4) is 0 Å². The zero-order valence-electron chi connectivity index (χ0n) is 14.1. The van der Waals surface area contributed by atoms with Crippen molar-refractivity contribution in [3.8, 4) is 0 Å². The minimum Gasteiger partial charge on any atom is -0.316 e. The molecular formula is C15H33N3O2S. The van der Waals surface area contributed by atoms with Gasteiger partial charge in [0.25, 0.3) is 10.2 Å². The van der Waals surface area contributed by atoms with Gasteiger partial charge in [0.2, 0.25) is 0 Å². The van der Waals surface area contributed by atoms with E-state index in [1.165, 1.54) is 0 Å². The normalized spacial score (nSPS) is 22.6. The maximum absolute atomic E-state index is 12.8. The van der Waals surface area contributed by atoms with Gasteiger partial charge >= 0.3 is 0 Å². The Bertz CT molecular complexity index is 386. The van der Waals surface area contributed by atoms with E-state index >= 15 is 0 Å². The van der Waals surface area contributed by atoms with Crippen LogP contribution in [0.25, 0.3) is 0 Å². The molecule has 2 atom stereocenters. The number of hydrogen-bond acceptors (Lipinski definition) is 3. The largest absolute Gasteiger partial charge is 0.316 e. The first-order chi connectivity index (χ1) is 9.97. The molecule has 1 saturated heterocycles. The van der Waals surface area contributed by atoms with Gasteiger partial charge in [-0.25, -0.2) is 0 Å². The Morgan fingerprint density at radius 2 is 2.05 bits per heavy atom. The second-order valence-electron chi connectivity index (χ2n) is 6.04. The lowest BCUT2D eigenvalue weighted by Crippen LogP contribution is -2.51. The summed E-state index contributed by atoms with van der Waals surface area (Å²) in [6.45, 7) is 11.9.